The van der Waals surface area contributed by atoms with E-state index >= 15 is 0 Å². The van der Waals surface area contributed by atoms with Crippen LogP contribution in [0.15, 0.2) is 34.8 Å². The quantitative estimate of drug-likeness (QED) is 0.525. The molecule has 6 nitrogen and oxygen atoms in total. The highest BCUT2D eigenvalue weighted by molar-refractivity contribution is 9.10. The number of esters is 2. The van der Waals surface area contributed by atoms with Gasteiger partial charge in [0.25, 0.3) is 5.91 Å². The topological polar surface area (TPSA) is 81.7 Å². The van der Waals surface area contributed by atoms with Gasteiger partial charge in [-0.2, -0.15) is 0 Å². The van der Waals surface area contributed by atoms with E-state index in [0.717, 1.165) is 10.0 Å². The van der Waals surface area contributed by atoms with Crippen LogP contribution < -0.4 is 5.32 Å². The Morgan fingerprint density at radius 2 is 2.04 bits per heavy atom. The van der Waals surface area contributed by atoms with Gasteiger partial charge in [0.05, 0.1) is 7.11 Å². The van der Waals surface area contributed by atoms with Crippen molar-refractivity contribution in [3.05, 3.63) is 40.4 Å². The number of carbonyl (C=O) groups is 3. The number of benzene rings is 1. The number of methoxy groups -OCH3 is 1. The highest BCUT2D eigenvalue weighted by Gasteiger charge is 2.26. The molecular formula is C18H22BrNO5. The largest absolute Gasteiger partial charge is 0.467 e. The van der Waals surface area contributed by atoms with Crippen molar-refractivity contribution in [2.45, 2.75) is 26.3 Å². The van der Waals surface area contributed by atoms with Crippen molar-refractivity contribution in [3.8, 4) is 0 Å². The highest BCUT2D eigenvalue weighted by atomic mass is 79.9. The number of hydrogen-bond acceptors (Lipinski definition) is 5. The lowest BCUT2D eigenvalue weighted by Crippen LogP contribution is -2.47. The minimum atomic E-state index is -0.765. The summed E-state index contributed by atoms with van der Waals surface area (Å²) in [6, 6.07) is 6.61. The van der Waals surface area contributed by atoms with Gasteiger partial charge < -0.3 is 14.8 Å². The lowest BCUT2D eigenvalue weighted by molar-refractivity contribution is -0.148. The summed E-state index contributed by atoms with van der Waals surface area (Å²) in [7, 11) is 1.26. The van der Waals surface area contributed by atoms with Gasteiger partial charge in [0.2, 0.25) is 0 Å². The van der Waals surface area contributed by atoms with E-state index in [1.54, 1.807) is 6.08 Å². The molecule has 2 atom stereocenters. The van der Waals surface area contributed by atoms with Crippen molar-refractivity contribution >= 4 is 39.9 Å². The third-order valence-electron chi connectivity index (χ3n) is 3.59. The van der Waals surface area contributed by atoms with Crippen molar-refractivity contribution in [1.82, 2.24) is 5.32 Å². The molecule has 1 aromatic carbocycles. The van der Waals surface area contributed by atoms with Crippen molar-refractivity contribution in [2.75, 3.05) is 13.7 Å². The Bertz CT molecular complexity index is 644. The van der Waals surface area contributed by atoms with E-state index < -0.39 is 30.5 Å². The fraction of sp³-hybridized carbons (Fsp3) is 0.389. The molecule has 0 bridgehead atoms. The Morgan fingerprint density at radius 1 is 1.32 bits per heavy atom. The number of ether oxygens (including phenoxy) is 2. The smallest absolute Gasteiger partial charge is 0.331 e. The maximum absolute atomic E-state index is 11.9. The maximum atomic E-state index is 11.9. The van der Waals surface area contributed by atoms with Gasteiger partial charge in [-0.25, -0.2) is 9.59 Å². The molecular weight excluding hydrogens is 390 g/mol. The second kappa shape index (κ2) is 10.7. The van der Waals surface area contributed by atoms with Gasteiger partial charge in [0, 0.05) is 10.5 Å². The molecule has 0 radical (unpaired) electrons. The summed E-state index contributed by atoms with van der Waals surface area (Å²) in [5.74, 6) is -1.82. The minimum absolute atomic E-state index is 0.0940. The number of nitrogens with one attached hydrogen (secondary N) is 1. The molecule has 0 fully saturated rings. The first-order chi connectivity index (χ1) is 11.9. The molecule has 0 saturated carbocycles. The highest BCUT2D eigenvalue weighted by Crippen LogP contribution is 2.12. The van der Waals surface area contributed by atoms with E-state index in [1.807, 2.05) is 38.1 Å². The van der Waals surface area contributed by atoms with Crippen molar-refractivity contribution < 1.29 is 23.9 Å². The first kappa shape index (κ1) is 20.9. The predicted molar refractivity (Wildman–Crippen MR) is 97.5 cm³/mol. The molecule has 1 rings (SSSR count). The molecule has 0 aromatic heterocycles. The summed E-state index contributed by atoms with van der Waals surface area (Å²) >= 11 is 3.34. The van der Waals surface area contributed by atoms with Gasteiger partial charge in [-0.15, -0.1) is 0 Å². The molecule has 136 valence electrons. The Morgan fingerprint density at radius 3 is 2.64 bits per heavy atom. The maximum Gasteiger partial charge on any atom is 0.331 e. The summed E-state index contributed by atoms with van der Waals surface area (Å²) < 4.78 is 10.5. The van der Waals surface area contributed by atoms with Crippen molar-refractivity contribution in [3.63, 3.8) is 0 Å². The van der Waals surface area contributed by atoms with Crippen LogP contribution in [0.4, 0.5) is 0 Å². The van der Waals surface area contributed by atoms with Gasteiger partial charge >= 0.3 is 11.9 Å². The van der Waals surface area contributed by atoms with E-state index in [9.17, 15) is 14.4 Å². The molecule has 0 aliphatic heterocycles. The van der Waals surface area contributed by atoms with Gasteiger partial charge in [0.1, 0.15) is 6.04 Å². The van der Waals surface area contributed by atoms with E-state index in [-0.39, 0.29) is 5.92 Å². The van der Waals surface area contributed by atoms with Gasteiger partial charge in [0.15, 0.2) is 6.61 Å². The Kier molecular flexibility index (Phi) is 8.91. The lowest BCUT2D eigenvalue weighted by atomic mass is 9.99. The van der Waals surface area contributed by atoms with Crippen molar-refractivity contribution in [1.29, 1.82) is 0 Å². The molecule has 0 saturated heterocycles. The lowest BCUT2D eigenvalue weighted by Gasteiger charge is -2.21. The average Bonchev–Trinajstić information content (AvgIpc) is 2.61. The summed E-state index contributed by atoms with van der Waals surface area (Å²) in [5.41, 5.74) is 0.818. The first-order valence-electron chi connectivity index (χ1n) is 7.85. The van der Waals surface area contributed by atoms with Crippen LogP contribution in [0.5, 0.6) is 0 Å². The number of rotatable bonds is 8. The van der Waals surface area contributed by atoms with E-state index in [0.29, 0.717) is 6.42 Å². The molecule has 0 heterocycles. The predicted octanol–water partition coefficient (Wildman–Crippen LogP) is 2.71. The first-order valence-corrected chi connectivity index (χ1v) is 8.64. The summed E-state index contributed by atoms with van der Waals surface area (Å²) in [6.45, 7) is 3.26. The van der Waals surface area contributed by atoms with E-state index in [2.05, 4.69) is 26.0 Å². The molecule has 0 aliphatic carbocycles. The standard InChI is InChI=1S/C18H22BrNO5/c1-4-12(2)17(18(23)24-3)20-15(21)11-25-16(22)9-8-13-6-5-7-14(19)10-13/h5-10,12,17H,4,11H2,1-3H3,(H,20,21)/b9-8+/t12-,17+/m0/s1. The zero-order valence-electron chi connectivity index (χ0n) is 14.5. The molecule has 0 unspecified atom stereocenters. The fourth-order valence-electron chi connectivity index (χ4n) is 1.97. The number of hydrogen-bond donors (Lipinski definition) is 1. The molecule has 7 heteroatoms. The molecule has 0 spiro atoms. The van der Waals surface area contributed by atoms with Crippen LogP contribution in [0.1, 0.15) is 25.8 Å². The second-order valence-electron chi connectivity index (χ2n) is 5.45. The number of amides is 1. The third-order valence-corrected chi connectivity index (χ3v) is 4.08. The molecule has 1 amide bonds. The summed E-state index contributed by atoms with van der Waals surface area (Å²) in [6.07, 6.45) is 3.51. The van der Waals surface area contributed by atoms with Crippen LogP contribution in [0, 0.1) is 5.92 Å². The SMILES string of the molecule is CC[C@H](C)[C@@H](NC(=O)COC(=O)/C=C/c1cccc(Br)c1)C(=O)OC. The molecule has 1 N–H and O–H groups in total. The van der Waals surface area contributed by atoms with Gasteiger partial charge in [-0.3, -0.25) is 4.79 Å². The molecule has 25 heavy (non-hydrogen) atoms. The third kappa shape index (κ3) is 7.51. The van der Waals surface area contributed by atoms with Crippen LogP contribution in [0.2, 0.25) is 0 Å². The summed E-state index contributed by atoms with van der Waals surface area (Å²) in [5, 5.41) is 2.53. The van der Waals surface area contributed by atoms with Crippen LogP contribution in [-0.2, 0) is 23.9 Å². The Hall–Kier alpha value is -2.15. The van der Waals surface area contributed by atoms with Crippen LogP contribution in [0.25, 0.3) is 6.08 Å². The van der Waals surface area contributed by atoms with Gasteiger partial charge in [-0.05, 0) is 29.7 Å². The Labute approximate surface area is 155 Å². The number of halogens is 1. The van der Waals surface area contributed by atoms with E-state index in [1.165, 1.54) is 13.2 Å². The molecule has 1 aromatic rings. The van der Waals surface area contributed by atoms with Crippen LogP contribution in [-0.4, -0.2) is 37.6 Å². The fourth-order valence-corrected chi connectivity index (χ4v) is 2.39. The molecule has 0 aliphatic rings. The summed E-state index contributed by atoms with van der Waals surface area (Å²) in [4.78, 5) is 35.3. The normalized spacial score (nSPS) is 13.1. The monoisotopic (exact) mass is 411 g/mol. The minimum Gasteiger partial charge on any atom is -0.467 e. The van der Waals surface area contributed by atoms with E-state index in [4.69, 9.17) is 4.74 Å². The zero-order valence-corrected chi connectivity index (χ0v) is 16.0. The second-order valence-corrected chi connectivity index (χ2v) is 6.37. The van der Waals surface area contributed by atoms with Crippen LogP contribution in [0.3, 0.4) is 0 Å². The number of carbonyl (C=O) groups excluding carboxylic acids is 3. The van der Waals surface area contributed by atoms with Crippen LogP contribution >= 0.6 is 15.9 Å². The Balaban J connectivity index is 2.51. The average molecular weight is 412 g/mol. The van der Waals surface area contributed by atoms with Crippen molar-refractivity contribution in [2.24, 2.45) is 5.92 Å². The van der Waals surface area contributed by atoms with Gasteiger partial charge in [-0.1, -0.05) is 48.3 Å². The zero-order chi connectivity index (χ0) is 18.8.